The Labute approximate surface area is 183 Å². The molecule has 1 aliphatic rings. The molecule has 0 amide bonds. The number of rotatable bonds is 6. The first-order valence-corrected chi connectivity index (χ1v) is 10.7. The minimum atomic E-state index is -1.15. The second-order valence-corrected chi connectivity index (χ2v) is 9.11. The summed E-state index contributed by atoms with van der Waals surface area (Å²) in [5, 5.41) is 33.2. The predicted molar refractivity (Wildman–Crippen MR) is 123 cm³/mol. The molecule has 2 aromatic carbocycles. The number of carbonyl (C=O) groups excluding carboxylic acids is 1. The maximum absolute atomic E-state index is 12.6. The lowest BCUT2D eigenvalue weighted by molar-refractivity contribution is 0.0409. The second kappa shape index (κ2) is 8.75. The molecule has 0 saturated heterocycles. The van der Waals surface area contributed by atoms with Gasteiger partial charge in [-0.15, -0.1) is 0 Å². The van der Waals surface area contributed by atoms with E-state index in [0.29, 0.717) is 28.7 Å². The van der Waals surface area contributed by atoms with Crippen molar-refractivity contribution in [2.24, 2.45) is 0 Å². The second-order valence-electron chi connectivity index (χ2n) is 9.11. The summed E-state index contributed by atoms with van der Waals surface area (Å²) in [6, 6.07) is 3.52. The van der Waals surface area contributed by atoms with Crippen LogP contribution in [0.25, 0.3) is 10.8 Å². The van der Waals surface area contributed by atoms with Crippen molar-refractivity contribution in [3.63, 3.8) is 0 Å². The number of benzene rings is 2. The molecule has 0 fully saturated rings. The molecule has 0 saturated carbocycles. The molecule has 3 rings (SSSR count). The third-order valence-corrected chi connectivity index (χ3v) is 5.88. The molecule has 3 N–H and O–H groups in total. The molecule has 1 atom stereocenters. The number of carbonyl (C=O) groups is 1. The predicted octanol–water partition coefficient (Wildman–Crippen LogP) is 5.37. The Hall–Kier alpha value is -2.79. The van der Waals surface area contributed by atoms with Gasteiger partial charge in [0.05, 0.1) is 23.7 Å². The quantitative estimate of drug-likeness (QED) is 0.542. The summed E-state index contributed by atoms with van der Waals surface area (Å²) in [5.41, 5.74) is 2.68. The van der Waals surface area contributed by atoms with Gasteiger partial charge in [-0.3, -0.25) is 4.79 Å². The molecule has 0 radical (unpaired) electrons. The molecule has 0 bridgehead atoms. The highest BCUT2D eigenvalue weighted by Gasteiger charge is 2.36. The zero-order valence-corrected chi connectivity index (χ0v) is 19.0. The normalized spacial score (nSPS) is 18.8. The van der Waals surface area contributed by atoms with Crippen LogP contribution in [0.3, 0.4) is 0 Å². The molecule has 0 spiro atoms. The highest BCUT2D eigenvalue weighted by Crippen LogP contribution is 2.46. The summed E-state index contributed by atoms with van der Waals surface area (Å²) in [5.74, 6) is -0.101. The van der Waals surface area contributed by atoms with Gasteiger partial charge >= 0.3 is 0 Å². The number of phenols is 2. The minimum Gasteiger partial charge on any atom is -0.507 e. The topological polar surface area (TPSA) is 87.0 Å². The SMILES string of the molecule is COc1cc2cc3c(c(O)c2c(O)c1C/C=C(\C)CCC=C(C)C)C(=O)CC(C)(O)C3. The van der Waals surface area contributed by atoms with E-state index < -0.39 is 5.60 Å². The Bertz CT molecular complexity index is 1090. The van der Waals surface area contributed by atoms with E-state index in [1.54, 1.807) is 26.2 Å². The van der Waals surface area contributed by atoms with Crippen molar-refractivity contribution in [1.82, 2.24) is 0 Å². The number of phenolic OH excluding ortho intramolecular Hbond substituents is 2. The van der Waals surface area contributed by atoms with Crippen LogP contribution >= 0.6 is 0 Å². The van der Waals surface area contributed by atoms with Crippen LogP contribution in [-0.4, -0.2) is 33.8 Å². The maximum Gasteiger partial charge on any atom is 0.169 e. The van der Waals surface area contributed by atoms with Gasteiger partial charge in [0.15, 0.2) is 5.78 Å². The van der Waals surface area contributed by atoms with E-state index in [4.69, 9.17) is 4.74 Å². The number of ketones is 1. The number of allylic oxidation sites excluding steroid dienone is 4. The number of ether oxygens (including phenoxy) is 1. The zero-order chi connectivity index (χ0) is 22.9. The van der Waals surface area contributed by atoms with Crippen LogP contribution in [0, 0.1) is 0 Å². The van der Waals surface area contributed by atoms with E-state index in [1.165, 1.54) is 11.1 Å². The van der Waals surface area contributed by atoms with Gasteiger partial charge in [-0.25, -0.2) is 0 Å². The van der Waals surface area contributed by atoms with Gasteiger partial charge in [0, 0.05) is 18.4 Å². The highest BCUT2D eigenvalue weighted by molar-refractivity contribution is 6.09. The Morgan fingerprint density at radius 2 is 1.84 bits per heavy atom. The number of aromatic hydroxyl groups is 2. The van der Waals surface area contributed by atoms with Crippen LogP contribution in [0.5, 0.6) is 17.2 Å². The molecule has 0 heterocycles. The monoisotopic (exact) mass is 424 g/mol. The summed E-state index contributed by atoms with van der Waals surface area (Å²) in [4.78, 5) is 12.6. The number of hydrogen-bond acceptors (Lipinski definition) is 5. The van der Waals surface area contributed by atoms with Gasteiger partial charge in [0.2, 0.25) is 0 Å². The van der Waals surface area contributed by atoms with Gasteiger partial charge in [-0.1, -0.05) is 23.3 Å². The lowest BCUT2D eigenvalue weighted by Gasteiger charge is -2.30. The fourth-order valence-corrected chi connectivity index (χ4v) is 4.31. The Morgan fingerprint density at radius 3 is 2.48 bits per heavy atom. The van der Waals surface area contributed by atoms with Crippen LogP contribution < -0.4 is 4.74 Å². The molecular weight excluding hydrogens is 392 g/mol. The summed E-state index contributed by atoms with van der Waals surface area (Å²) in [7, 11) is 1.54. The fourth-order valence-electron chi connectivity index (χ4n) is 4.31. The molecule has 31 heavy (non-hydrogen) atoms. The van der Waals surface area contributed by atoms with Gasteiger partial charge in [-0.05, 0) is 70.0 Å². The van der Waals surface area contributed by atoms with Crippen molar-refractivity contribution in [2.75, 3.05) is 7.11 Å². The third-order valence-electron chi connectivity index (χ3n) is 5.88. The van der Waals surface area contributed by atoms with E-state index in [9.17, 15) is 20.1 Å². The number of Topliss-reactive ketones (excluding diaryl/α,β-unsaturated/α-hetero) is 1. The summed E-state index contributed by atoms with van der Waals surface area (Å²) < 4.78 is 5.53. The lowest BCUT2D eigenvalue weighted by Crippen LogP contribution is -2.35. The van der Waals surface area contributed by atoms with Gasteiger partial charge < -0.3 is 20.1 Å². The summed E-state index contributed by atoms with van der Waals surface area (Å²) in [6.45, 7) is 7.83. The summed E-state index contributed by atoms with van der Waals surface area (Å²) in [6.07, 6.45) is 6.79. The maximum atomic E-state index is 12.6. The molecule has 5 nitrogen and oxygen atoms in total. The Kier molecular flexibility index (Phi) is 6.46. The number of aliphatic hydroxyl groups is 1. The van der Waals surface area contributed by atoms with Crippen molar-refractivity contribution >= 4 is 16.6 Å². The molecule has 0 aliphatic heterocycles. The van der Waals surface area contributed by atoms with Crippen molar-refractivity contribution in [3.05, 3.63) is 52.1 Å². The Morgan fingerprint density at radius 1 is 1.13 bits per heavy atom. The first-order chi connectivity index (χ1) is 14.5. The van der Waals surface area contributed by atoms with Crippen molar-refractivity contribution in [1.29, 1.82) is 0 Å². The minimum absolute atomic E-state index is 0.0591. The number of fused-ring (bicyclic) bond motifs is 2. The number of methoxy groups -OCH3 is 1. The fraction of sp³-hybridized carbons (Fsp3) is 0.423. The van der Waals surface area contributed by atoms with Crippen LogP contribution in [0.4, 0.5) is 0 Å². The van der Waals surface area contributed by atoms with Gasteiger partial charge in [0.1, 0.15) is 17.2 Å². The Balaban J connectivity index is 2.06. The molecule has 5 heteroatoms. The largest absolute Gasteiger partial charge is 0.507 e. The van der Waals surface area contributed by atoms with Crippen LogP contribution in [0.15, 0.2) is 35.4 Å². The first kappa shape index (κ1) is 22.9. The standard InChI is InChI=1S/C26H32O5/c1-15(2)7-6-8-16(3)9-10-19-21(31-5)12-17-11-18-13-26(4,30)14-20(27)22(18)25(29)23(17)24(19)28/h7,9,11-12,28-30H,6,8,10,13-14H2,1-5H3/b16-9+. The van der Waals surface area contributed by atoms with E-state index in [1.807, 2.05) is 0 Å². The average molecular weight is 425 g/mol. The molecular formula is C26H32O5. The van der Waals surface area contributed by atoms with E-state index in [-0.39, 0.29) is 41.1 Å². The van der Waals surface area contributed by atoms with Crippen LogP contribution in [0.2, 0.25) is 0 Å². The summed E-state index contributed by atoms with van der Waals surface area (Å²) >= 11 is 0. The van der Waals surface area contributed by atoms with E-state index in [0.717, 1.165) is 12.8 Å². The average Bonchev–Trinajstić information content (AvgIpc) is 2.64. The molecule has 1 aliphatic carbocycles. The first-order valence-electron chi connectivity index (χ1n) is 10.7. The molecule has 1 unspecified atom stereocenters. The zero-order valence-electron chi connectivity index (χ0n) is 19.0. The molecule has 2 aromatic rings. The van der Waals surface area contributed by atoms with Crippen molar-refractivity contribution in [2.45, 2.75) is 65.4 Å². The van der Waals surface area contributed by atoms with Gasteiger partial charge in [0.25, 0.3) is 0 Å². The lowest BCUT2D eigenvalue weighted by atomic mass is 9.79. The number of hydrogen-bond donors (Lipinski definition) is 3. The van der Waals surface area contributed by atoms with Crippen LogP contribution in [-0.2, 0) is 12.8 Å². The van der Waals surface area contributed by atoms with Crippen molar-refractivity contribution < 1.29 is 24.9 Å². The van der Waals surface area contributed by atoms with Crippen molar-refractivity contribution in [3.8, 4) is 17.2 Å². The smallest absolute Gasteiger partial charge is 0.169 e. The molecule has 0 aromatic heterocycles. The third kappa shape index (κ3) is 4.77. The van der Waals surface area contributed by atoms with Crippen LogP contribution in [0.1, 0.15) is 68.4 Å². The van der Waals surface area contributed by atoms with E-state index in [2.05, 4.69) is 32.9 Å². The van der Waals surface area contributed by atoms with E-state index >= 15 is 0 Å². The molecule has 166 valence electrons. The van der Waals surface area contributed by atoms with Gasteiger partial charge in [-0.2, -0.15) is 0 Å². The highest BCUT2D eigenvalue weighted by atomic mass is 16.5.